The van der Waals surface area contributed by atoms with Gasteiger partial charge in [0.25, 0.3) is 0 Å². The molecule has 1 atom stereocenters. The second kappa shape index (κ2) is 9.48. The number of H-pyrrole nitrogens is 1. The number of hydrogen-bond donors (Lipinski definition) is 2. The van der Waals surface area contributed by atoms with Crippen molar-refractivity contribution >= 4 is 23.3 Å². The van der Waals surface area contributed by atoms with Gasteiger partial charge in [0.05, 0.1) is 0 Å². The average molecular weight is 472 g/mol. The molecule has 0 spiro atoms. The second-order valence-corrected chi connectivity index (χ2v) is 8.95. The minimum absolute atomic E-state index is 0.0314. The van der Waals surface area contributed by atoms with Crippen LogP contribution in [0.3, 0.4) is 0 Å². The molecular formula is C27H29N5O3. The monoisotopic (exact) mass is 471 g/mol. The number of aromatic nitrogens is 3. The molecular weight excluding hydrogens is 442 g/mol. The topological polar surface area (TPSA) is 99.8 Å². The van der Waals surface area contributed by atoms with E-state index in [9.17, 15) is 5.11 Å². The molecule has 0 aliphatic carbocycles. The summed E-state index contributed by atoms with van der Waals surface area (Å²) in [6, 6.07) is 13.6. The Balaban J connectivity index is 1.56. The van der Waals surface area contributed by atoms with Gasteiger partial charge in [-0.1, -0.05) is 35.5 Å². The highest BCUT2D eigenvalue weighted by atomic mass is 16.5. The van der Waals surface area contributed by atoms with Crippen LogP contribution in [-0.4, -0.2) is 52.2 Å². The lowest BCUT2D eigenvalue weighted by Gasteiger charge is -2.37. The van der Waals surface area contributed by atoms with Crippen LogP contribution in [0.4, 0.5) is 0 Å². The van der Waals surface area contributed by atoms with Crippen molar-refractivity contribution in [2.45, 2.75) is 25.4 Å². The summed E-state index contributed by atoms with van der Waals surface area (Å²) < 4.78 is 11.4. The average Bonchev–Trinajstić information content (AvgIpc) is 3.56. The molecule has 0 radical (unpaired) electrons. The van der Waals surface area contributed by atoms with Crippen molar-refractivity contribution in [1.82, 2.24) is 20.1 Å². The van der Waals surface area contributed by atoms with Gasteiger partial charge in [-0.15, -0.1) is 0 Å². The third-order valence-corrected chi connectivity index (χ3v) is 6.78. The molecule has 35 heavy (non-hydrogen) atoms. The molecule has 5 rings (SSSR count). The molecule has 8 heteroatoms. The number of fused-ring (bicyclic) bond motifs is 1. The van der Waals surface area contributed by atoms with Crippen LogP contribution < -0.4 is 0 Å². The normalized spacial score (nSPS) is 16.8. The lowest BCUT2D eigenvalue weighted by atomic mass is 9.75. The van der Waals surface area contributed by atoms with E-state index < -0.39 is 5.60 Å². The summed E-state index contributed by atoms with van der Waals surface area (Å²) in [5, 5.41) is 22.9. The van der Waals surface area contributed by atoms with Crippen LogP contribution in [0.15, 0.2) is 70.7 Å². The van der Waals surface area contributed by atoms with Crippen molar-refractivity contribution in [2.24, 2.45) is 11.0 Å². The van der Waals surface area contributed by atoms with Gasteiger partial charge in [-0.2, -0.15) is 5.10 Å². The molecule has 4 heterocycles. The minimum atomic E-state index is -1.27. The lowest BCUT2D eigenvalue weighted by molar-refractivity contribution is -0.0470. The van der Waals surface area contributed by atoms with E-state index in [2.05, 4.69) is 33.0 Å². The molecule has 180 valence electrons. The molecule has 3 aromatic heterocycles. The Morgan fingerprint density at radius 3 is 2.77 bits per heavy atom. The van der Waals surface area contributed by atoms with Gasteiger partial charge >= 0.3 is 0 Å². The first-order chi connectivity index (χ1) is 17.0. The SMILES string of the molecule is C=NN(C)/C=C(\C)c1cnc2[nH]cc(-c3cc(C(O)(c4ccccc4)C4CCOCC4)no3)c2c1. The fourth-order valence-corrected chi connectivity index (χ4v) is 4.80. The molecule has 1 saturated heterocycles. The maximum atomic E-state index is 12.1. The van der Waals surface area contributed by atoms with E-state index in [-0.39, 0.29) is 5.92 Å². The summed E-state index contributed by atoms with van der Waals surface area (Å²) in [6.45, 7) is 6.77. The van der Waals surface area contributed by atoms with E-state index in [1.165, 1.54) is 0 Å². The quantitative estimate of drug-likeness (QED) is 0.297. The third-order valence-electron chi connectivity index (χ3n) is 6.78. The van der Waals surface area contributed by atoms with Crippen LogP contribution in [-0.2, 0) is 10.3 Å². The lowest BCUT2D eigenvalue weighted by Crippen LogP contribution is -2.40. The fourth-order valence-electron chi connectivity index (χ4n) is 4.80. The number of allylic oxidation sites excluding steroid dienone is 1. The Kier molecular flexibility index (Phi) is 6.23. The molecule has 1 aromatic carbocycles. The molecule has 4 aromatic rings. The zero-order valence-corrected chi connectivity index (χ0v) is 19.9. The van der Waals surface area contributed by atoms with Crippen LogP contribution in [0.2, 0.25) is 0 Å². The molecule has 1 aliphatic heterocycles. The number of benzene rings is 1. The number of pyridine rings is 1. The van der Waals surface area contributed by atoms with Crippen molar-refractivity contribution in [3.8, 4) is 11.3 Å². The van der Waals surface area contributed by atoms with Crippen molar-refractivity contribution in [2.75, 3.05) is 20.3 Å². The first-order valence-corrected chi connectivity index (χ1v) is 11.7. The second-order valence-electron chi connectivity index (χ2n) is 8.95. The summed E-state index contributed by atoms with van der Waals surface area (Å²) >= 11 is 0. The summed E-state index contributed by atoms with van der Waals surface area (Å²) in [5.74, 6) is 0.536. The van der Waals surface area contributed by atoms with Crippen LogP contribution >= 0.6 is 0 Å². The van der Waals surface area contributed by atoms with Crippen LogP contribution in [0.1, 0.15) is 36.6 Å². The Morgan fingerprint density at radius 1 is 1.26 bits per heavy atom. The zero-order valence-electron chi connectivity index (χ0n) is 19.9. The Hall–Kier alpha value is -3.75. The largest absolute Gasteiger partial charge is 0.381 e. The third kappa shape index (κ3) is 4.26. The molecule has 0 bridgehead atoms. The van der Waals surface area contributed by atoms with Gasteiger partial charge in [-0.05, 0) is 42.5 Å². The number of aromatic amines is 1. The number of aliphatic hydroxyl groups is 1. The summed E-state index contributed by atoms with van der Waals surface area (Å²) in [7, 11) is 1.83. The van der Waals surface area contributed by atoms with Gasteiger partial charge in [0.1, 0.15) is 16.9 Å². The smallest absolute Gasteiger partial charge is 0.169 e. The summed E-state index contributed by atoms with van der Waals surface area (Å²) in [6.07, 6.45) is 7.05. The fraction of sp³-hybridized carbons (Fsp3) is 0.296. The molecule has 1 fully saturated rings. The highest BCUT2D eigenvalue weighted by molar-refractivity contribution is 5.93. The predicted octanol–water partition coefficient (Wildman–Crippen LogP) is 4.79. The van der Waals surface area contributed by atoms with E-state index in [0.29, 0.717) is 24.7 Å². The van der Waals surface area contributed by atoms with Gasteiger partial charge in [-0.25, -0.2) is 4.98 Å². The first kappa shape index (κ1) is 23.0. The molecule has 2 N–H and O–H groups in total. The van der Waals surface area contributed by atoms with Crippen LogP contribution in [0.25, 0.3) is 27.9 Å². The summed E-state index contributed by atoms with van der Waals surface area (Å²) in [4.78, 5) is 7.78. The maximum absolute atomic E-state index is 12.1. The summed E-state index contributed by atoms with van der Waals surface area (Å²) in [5.41, 5.74) is 3.55. The predicted molar refractivity (Wildman–Crippen MR) is 136 cm³/mol. The minimum Gasteiger partial charge on any atom is -0.381 e. The highest BCUT2D eigenvalue weighted by Crippen LogP contribution is 2.42. The maximum Gasteiger partial charge on any atom is 0.169 e. The van der Waals surface area contributed by atoms with Crippen molar-refractivity contribution < 1.29 is 14.4 Å². The molecule has 0 amide bonds. The van der Waals surface area contributed by atoms with Crippen LogP contribution in [0, 0.1) is 5.92 Å². The number of hydrogen-bond acceptors (Lipinski definition) is 7. The Morgan fingerprint density at radius 2 is 2.03 bits per heavy atom. The molecule has 1 aliphatic rings. The van der Waals surface area contributed by atoms with Gasteiger partial charge in [-0.3, -0.25) is 5.01 Å². The number of nitrogens with zero attached hydrogens (tertiary/aromatic N) is 4. The van der Waals surface area contributed by atoms with E-state index in [1.807, 2.05) is 69.0 Å². The van der Waals surface area contributed by atoms with Gasteiger partial charge < -0.3 is 19.4 Å². The van der Waals surface area contributed by atoms with E-state index in [1.54, 1.807) is 5.01 Å². The zero-order chi connectivity index (χ0) is 24.4. The first-order valence-electron chi connectivity index (χ1n) is 11.7. The van der Waals surface area contributed by atoms with Crippen LogP contribution in [0.5, 0.6) is 0 Å². The van der Waals surface area contributed by atoms with Gasteiger partial charge in [0, 0.05) is 68.5 Å². The highest BCUT2D eigenvalue weighted by Gasteiger charge is 2.43. The van der Waals surface area contributed by atoms with Crippen molar-refractivity contribution in [3.05, 3.63) is 77.9 Å². The number of nitrogens with one attached hydrogen (secondary N) is 1. The molecule has 0 saturated carbocycles. The van der Waals surface area contributed by atoms with E-state index >= 15 is 0 Å². The molecule has 8 nitrogen and oxygen atoms in total. The number of ether oxygens (including phenoxy) is 1. The standard InChI is InChI=1S/C27H29N5O3/c1-18(17-32(3)28-2)19-13-22-23(16-30-26(22)29-15-19)24-14-25(31-35-24)27(33,20-7-5-4-6-8-20)21-9-11-34-12-10-21/h4-8,13-17,21,33H,2,9-12H2,1,3H3,(H,29,30)/b18-17+. The van der Waals surface area contributed by atoms with Crippen molar-refractivity contribution in [3.63, 3.8) is 0 Å². The Bertz CT molecular complexity index is 1350. The van der Waals surface area contributed by atoms with E-state index in [0.717, 1.165) is 46.1 Å². The van der Waals surface area contributed by atoms with Gasteiger partial charge in [0.15, 0.2) is 5.76 Å². The number of rotatable bonds is 7. The van der Waals surface area contributed by atoms with Crippen molar-refractivity contribution in [1.29, 1.82) is 0 Å². The van der Waals surface area contributed by atoms with Gasteiger partial charge in [0.2, 0.25) is 0 Å². The molecule has 1 unspecified atom stereocenters. The number of hydrazone groups is 1. The Labute approximate surface area is 203 Å². The van der Waals surface area contributed by atoms with E-state index in [4.69, 9.17) is 9.26 Å².